The molecular weight excluding hydrogens is 396 g/mol. The second kappa shape index (κ2) is 7.71. The minimum Gasteiger partial charge on any atom is -0.426 e. The van der Waals surface area contributed by atoms with Crippen molar-refractivity contribution in [2.75, 3.05) is 29.9 Å². The maximum absolute atomic E-state index is 12.6. The molecule has 2 aliphatic heterocycles. The third-order valence-corrected chi connectivity index (χ3v) is 5.22. The molecule has 2 aliphatic rings. The highest BCUT2D eigenvalue weighted by Crippen LogP contribution is 2.29. The monoisotopic (exact) mass is 414 g/mol. The maximum atomic E-state index is 12.6. The van der Waals surface area contributed by atoms with E-state index in [1.807, 2.05) is 13.0 Å². The van der Waals surface area contributed by atoms with Crippen molar-refractivity contribution in [3.8, 4) is 5.75 Å². The molecule has 0 radical (unpaired) electrons. The average Bonchev–Trinajstić information content (AvgIpc) is 3.07. The van der Waals surface area contributed by atoms with E-state index in [4.69, 9.17) is 16.3 Å². The van der Waals surface area contributed by atoms with E-state index in [-0.39, 0.29) is 18.4 Å². The highest BCUT2D eigenvalue weighted by molar-refractivity contribution is 6.39. The number of pyridine rings is 1. The molecule has 2 aromatic rings. The zero-order valence-corrected chi connectivity index (χ0v) is 16.5. The van der Waals surface area contributed by atoms with Gasteiger partial charge in [-0.3, -0.25) is 14.4 Å². The van der Waals surface area contributed by atoms with Gasteiger partial charge in [-0.15, -0.1) is 0 Å². The fourth-order valence-corrected chi connectivity index (χ4v) is 3.65. The summed E-state index contributed by atoms with van der Waals surface area (Å²) in [6.07, 6.45) is 1.80. The Morgan fingerprint density at radius 1 is 1.24 bits per heavy atom. The van der Waals surface area contributed by atoms with Gasteiger partial charge in [0.05, 0.1) is 11.4 Å². The first-order chi connectivity index (χ1) is 13.9. The minimum atomic E-state index is -0.723. The van der Waals surface area contributed by atoms with Crippen LogP contribution in [0.25, 0.3) is 0 Å². The number of rotatable bonds is 2. The maximum Gasteiger partial charge on any atom is 0.315 e. The molecule has 2 amide bonds. The fourth-order valence-electron chi connectivity index (χ4n) is 3.54. The second-order valence-electron chi connectivity index (χ2n) is 7.06. The molecule has 0 unspecified atom stereocenters. The lowest BCUT2D eigenvalue weighted by Gasteiger charge is -2.40. The third-order valence-electron chi connectivity index (χ3n) is 5.00. The number of amides is 2. The van der Waals surface area contributed by atoms with Gasteiger partial charge in [0.2, 0.25) is 0 Å². The lowest BCUT2D eigenvalue weighted by atomic mass is 10.1. The normalized spacial score (nSPS) is 18.3. The van der Waals surface area contributed by atoms with Crippen LogP contribution in [-0.4, -0.2) is 53.3 Å². The molecule has 0 saturated carbocycles. The van der Waals surface area contributed by atoms with Crippen LogP contribution in [0.1, 0.15) is 12.5 Å². The zero-order valence-electron chi connectivity index (χ0n) is 15.7. The molecule has 1 aromatic heterocycles. The Balaban J connectivity index is 1.37. The summed E-state index contributed by atoms with van der Waals surface area (Å²) in [4.78, 5) is 44.3. The molecule has 0 bridgehead atoms. The molecule has 1 N–H and O–H groups in total. The second-order valence-corrected chi connectivity index (χ2v) is 7.49. The van der Waals surface area contributed by atoms with Gasteiger partial charge in [0.15, 0.2) is 0 Å². The number of hydrogen-bond acceptors (Lipinski definition) is 6. The SMILES string of the molecule is C[C@@H]1CN(C(=O)C(=O)Nc2ccc3c(c2)OC(=O)C3)CCN1c1ccc(Cl)cn1. The standard InChI is InChI=1S/C20H19ClN4O4/c1-12-11-24(6-7-25(12)17-5-3-14(21)10-22-17)20(28)19(27)23-15-4-2-13-8-18(26)29-16(13)9-15/h2-5,9-10,12H,6-8,11H2,1H3,(H,23,27)/t12-/m1/s1. The lowest BCUT2D eigenvalue weighted by molar-refractivity contribution is -0.143. The molecule has 1 saturated heterocycles. The van der Waals surface area contributed by atoms with Crippen LogP contribution in [0.15, 0.2) is 36.5 Å². The van der Waals surface area contributed by atoms with Crippen molar-refractivity contribution in [2.45, 2.75) is 19.4 Å². The Hall–Kier alpha value is -3.13. The number of fused-ring (bicyclic) bond motifs is 1. The molecule has 0 aliphatic carbocycles. The van der Waals surface area contributed by atoms with Crippen molar-refractivity contribution in [1.82, 2.24) is 9.88 Å². The first kappa shape index (κ1) is 19.2. The zero-order chi connectivity index (χ0) is 20.5. The Labute approximate surface area is 172 Å². The Bertz CT molecular complexity index is 979. The number of halogens is 1. The minimum absolute atomic E-state index is 0.00594. The van der Waals surface area contributed by atoms with Crippen molar-refractivity contribution < 1.29 is 19.1 Å². The number of nitrogens with one attached hydrogen (secondary N) is 1. The number of carbonyl (C=O) groups is 3. The summed E-state index contributed by atoms with van der Waals surface area (Å²) in [5.41, 5.74) is 1.17. The van der Waals surface area contributed by atoms with Crippen LogP contribution in [0.3, 0.4) is 0 Å². The lowest BCUT2D eigenvalue weighted by Crippen LogP contribution is -2.56. The number of benzene rings is 1. The van der Waals surface area contributed by atoms with Crippen molar-refractivity contribution in [2.24, 2.45) is 0 Å². The molecule has 3 heterocycles. The fraction of sp³-hybridized carbons (Fsp3) is 0.300. The van der Waals surface area contributed by atoms with E-state index < -0.39 is 11.8 Å². The third kappa shape index (κ3) is 4.02. The molecule has 1 atom stereocenters. The summed E-state index contributed by atoms with van der Waals surface area (Å²) in [6.45, 7) is 3.34. The van der Waals surface area contributed by atoms with Gasteiger partial charge in [-0.05, 0) is 25.1 Å². The molecule has 29 heavy (non-hydrogen) atoms. The Morgan fingerprint density at radius 3 is 2.79 bits per heavy atom. The van der Waals surface area contributed by atoms with Crippen LogP contribution in [0.5, 0.6) is 5.75 Å². The van der Waals surface area contributed by atoms with E-state index in [0.29, 0.717) is 36.1 Å². The first-order valence-electron chi connectivity index (χ1n) is 9.23. The van der Waals surface area contributed by atoms with Crippen LogP contribution in [0.2, 0.25) is 5.02 Å². The van der Waals surface area contributed by atoms with Crippen molar-refractivity contribution >= 4 is 40.9 Å². The average molecular weight is 415 g/mol. The molecule has 1 fully saturated rings. The number of aromatic nitrogens is 1. The van der Waals surface area contributed by atoms with E-state index in [2.05, 4.69) is 15.2 Å². The van der Waals surface area contributed by atoms with Gasteiger partial charge in [-0.1, -0.05) is 17.7 Å². The highest BCUT2D eigenvalue weighted by atomic mass is 35.5. The van der Waals surface area contributed by atoms with Crippen LogP contribution < -0.4 is 15.0 Å². The Morgan fingerprint density at radius 2 is 2.07 bits per heavy atom. The first-order valence-corrected chi connectivity index (χ1v) is 9.60. The van der Waals surface area contributed by atoms with Gasteiger partial charge < -0.3 is 19.9 Å². The highest BCUT2D eigenvalue weighted by Gasteiger charge is 2.31. The summed E-state index contributed by atoms with van der Waals surface area (Å²) in [7, 11) is 0. The summed E-state index contributed by atoms with van der Waals surface area (Å²) >= 11 is 5.89. The largest absolute Gasteiger partial charge is 0.426 e. The molecule has 150 valence electrons. The van der Waals surface area contributed by atoms with Crippen LogP contribution in [-0.2, 0) is 20.8 Å². The van der Waals surface area contributed by atoms with Crippen molar-refractivity contribution in [3.05, 3.63) is 47.1 Å². The number of esters is 1. The van der Waals surface area contributed by atoms with Gasteiger partial charge in [0, 0.05) is 49.2 Å². The van der Waals surface area contributed by atoms with Gasteiger partial charge in [0.1, 0.15) is 11.6 Å². The summed E-state index contributed by atoms with van der Waals surface area (Å²) in [5.74, 6) is -0.455. The number of hydrogen-bond donors (Lipinski definition) is 1. The summed E-state index contributed by atoms with van der Waals surface area (Å²) < 4.78 is 5.08. The van der Waals surface area contributed by atoms with E-state index in [9.17, 15) is 14.4 Å². The number of anilines is 2. The molecule has 0 spiro atoms. The van der Waals surface area contributed by atoms with Gasteiger partial charge in [-0.25, -0.2) is 4.98 Å². The van der Waals surface area contributed by atoms with E-state index in [1.54, 1.807) is 30.5 Å². The molecule has 8 nitrogen and oxygen atoms in total. The van der Waals surface area contributed by atoms with Crippen LogP contribution in [0.4, 0.5) is 11.5 Å². The Kier molecular flexibility index (Phi) is 5.10. The number of carbonyl (C=O) groups excluding carboxylic acids is 3. The molecule has 1 aromatic carbocycles. The number of piperazine rings is 1. The van der Waals surface area contributed by atoms with Crippen molar-refractivity contribution in [1.29, 1.82) is 0 Å². The van der Waals surface area contributed by atoms with Gasteiger partial charge in [-0.2, -0.15) is 0 Å². The summed E-state index contributed by atoms with van der Waals surface area (Å²) in [6, 6.07) is 8.52. The smallest absolute Gasteiger partial charge is 0.315 e. The van der Waals surface area contributed by atoms with E-state index in [1.165, 1.54) is 4.90 Å². The van der Waals surface area contributed by atoms with Crippen LogP contribution in [0, 0.1) is 0 Å². The van der Waals surface area contributed by atoms with E-state index in [0.717, 1.165) is 11.4 Å². The van der Waals surface area contributed by atoms with E-state index >= 15 is 0 Å². The van der Waals surface area contributed by atoms with Crippen LogP contribution >= 0.6 is 11.6 Å². The predicted octanol–water partition coefficient (Wildman–Crippen LogP) is 1.87. The molecule has 9 heteroatoms. The summed E-state index contributed by atoms with van der Waals surface area (Å²) in [5, 5.41) is 3.15. The number of nitrogens with zero attached hydrogens (tertiary/aromatic N) is 3. The van der Waals surface area contributed by atoms with Gasteiger partial charge in [0.25, 0.3) is 0 Å². The molecule has 4 rings (SSSR count). The number of ether oxygens (including phenoxy) is 1. The molecular formula is C20H19ClN4O4. The topological polar surface area (TPSA) is 91.8 Å². The predicted molar refractivity (Wildman–Crippen MR) is 107 cm³/mol. The quantitative estimate of drug-likeness (QED) is 0.458. The van der Waals surface area contributed by atoms with Crippen molar-refractivity contribution in [3.63, 3.8) is 0 Å². The van der Waals surface area contributed by atoms with Gasteiger partial charge >= 0.3 is 17.8 Å².